The van der Waals surface area contributed by atoms with Gasteiger partial charge in [0.25, 0.3) is 0 Å². The maximum atomic E-state index is 3.60. The molecule has 1 aliphatic rings. The molecule has 1 atom stereocenters. The third-order valence-electron chi connectivity index (χ3n) is 3.24. The van der Waals surface area contributed by atoms with Gasteiger partial charge in [0.15, 0.2) is 0 Å². The molecule has 15 heavy (non-hydrogen) atoms. The molecular weight excluding hydrogens is 182 g/mol. The zero-order valence-electron chi connectivity index (χ0n) is 9.79. The second-order valence-electron chi connectivity index (χ2n) is 4.82. The summed E-state index contributed by atoms with van der Waals surface area (Å²) in [5.74, 6) is 1.03. The van der Waals surface area contributed by atoms with Crippen LogP contribution in [0.3, 0.4) is 0 Å². The molecule has 1 fully saturated rings. The van der Waals surface area contributed by atoms with Crippen LogP contribution in [0.25, 0.3) is 0 Å². The first-order valence-electron chi connectivity index (χ1n) is 6.05. The molecule has 0 aliphatic heterocycles. The predicted molar refractivity (Wildman–Crippen MR) is 64.9 cm³/mol. The zero-order chi connectivity index (χ0) is 10.7. The van der Waals surface area contributed by atoms with E-state index in [-0.39, 0.29) is 0 Å². The van der Waals surface area contributed by atoms with Crippen molar-refractivity contribution in [3.8, 4) is 0 Å². The lowest BCUT2D eigenvalue weighted by atomic mass is 10.1. The minimum atomic E-state index is 0.489. The molecule has 1 aromatic rings. The molecule has 1 heteroatoms. The Kier molecular flexibility index (Phi) is 3.42. The minimum absolute atomic E-state index is 0.489. The van der Waals surface area contributed by atoms with E-state index in [0.29, 0.717) is 6.04 Å². The van der Waals surface area contributed by atoms with Gasteiger partial charge in [-0.2, -0.15) is 0 Å². The Morgan fingerprint density at radius 3 is 2.87 bits per heavy atom. The van der Waals surface area contributed by atoms with Crippen LogP contribution in [0.5, 0.6) is 0 Å². The van der Waals surface area contributed by atoms with Gasteiger partial charge < -0.3 is 5.32 Å². The van der Waals surface area contributed by atoms with E-state index < -0.39 is 0 Å². The Morgan fingerprint density at radius 2 is 2.20 bits per heavy atom. The molecule has 0 bridgehead atoms. The van der Waals surface area contributed by atoms with E-state index in [2.05, 4.69) is 43.4 Å². The highest BCUT2D eigenvalue weighted by atomic mass is 14.9. The molecule has 0 saturated heterocycles. The van der Waals surface area contributed by atoms with E-state index in [9.17, 15) is 0 Å². The summed E-state index contributed by atoms with van der Waals surface area (Å²) >= 11 is 0. The fourth-order valence-electron chi connectivity index (χ4n) is 1.97. The largest absolute Gasteiger partial charge is 0.310 e. The van der Waals surface area contributed by atoms with Crippen molar-refractivity contribution in [2.45, 2.75) is 39.2 Å². The van der Waals surface area contributed by atoms with Crippen LogP contribution < -0.4 is 5.32 Å². The summed E-state index contributed by atoms with van der Waals surface area (Å²) in [5.41, 5.74) is 2.76. The second kappa shape index (κ2) is 4.80. The van der Waals surface area contributed by atoms with Crippen LogP contribution in [0.1, 0.15) is 43.4 Å². The molecule has 0 unspecified atom stereocenters. The Balaban J connectivity index is 1.80. The molecule has 0 spiro atoms. The summed E-state index contributed by atoms with van der Waals surface area (Å²) in [5, 5.41) is 3.60. The summed E-state index contributed by atoms with van der Waals surface area (Å²) in [7, 11) is 0. The smallest absolute Gasteiger partial charge is 0.0291 e. The van der Waals surface area contributed by atoms with Crippen molar-refractivity contribution in [2.24, 2.45) is 5.92 Å². The van der Waals surface area contributed by atoms with E-state index in [1.165, 1.54) is 36.9 Å². The molecule has 0 aromatic heterocycles. The van der Waals surface area contributed by atoms with Crippen LogP contribution >= 0.6 is 0 Å². The highest BCUT2D eigenvalue weighted by molar-refractivity contribution is 5.24. The van der Waals surface area contributed by atoms with Gasteiger partial charge in [-0.05, 0) is 38.3 Å². The highest BCUT2D eigenvalue weighted by Gasteiger charge is 2.20. The number of nitrogens with one attached hydrogen (secondary N) is 1. The van der Waals surface area contributed by atoms with Gasteiger partial charge in [0.1, 0.15) is 0 Å². The third kappa shape index (κ3) is 3.35. The minimum Gasteiger partial charge on any atom is -0.310 e. The van der Waals surface area contributed by atoms with E-state index in [1.807, 2.05) is 0 Å². The van der Waals surface area contributed by atoms with Crippen molar-refractivity contribution in [1.29, 1.82) is 0 Å². The summed E-state index contributed by atoms with van der Waals surface area (Å²) in [4.78, 5) is 0. The summed E-state index contributed by atoms with van der Waals surface area (Å²) < 4.78 is 0. The van der Waals surface area contributed by atoms with Gasteiger partial charge in [-0.25, -0.2) is 0 Å². The van der Waals surface area contributed by atoms with Crippen LogP contribution in [0.4, 0.5) is 0 Å². The Hall–Kier alpha value is -0.820. The Labute approximate surface area is 92.9 Å². The van der Waals surface area contributed by atoms with Gasteiger partial charge in [0, 0.05) is 6.04 Å². The lowest BCUT2D eigenvalue weighted by Gasteiger charge is -2.14. The molecule has 2 rings (SSSR count). The van der Waals surface area contributed by atoms with Crippen molar-refractivity contribution in [3.63, 3.8) is 0 Å². The second-order valence-corrected chi connectivity index (χ2v) is 4.82. The topological polar surface area (TPSA) is 12.0 Å². The van der Waals surface area contributed by atoms with Crippen LogP contribution in [0, 0.1) is 12.8 Å². The van der Waals surface area contributed by atoms with E-state index in [4.69, 9.17) is 0 Å². The number of benzene rings is 1. The fourth-order valence-corrected chi connectivity index (χ4v) is 1.97. The van der Waals surface area contributed by atoms with E-state index in [0.717, 1.165) is 5.92 Å². The maximum Gasteiger partial charge on any atom is 0.0291 e. The molecule has 0 amide bonds. The van der Waals surface area contributed by atoms with Crippen molar-refractivity contribution in [1.82, 2.24) is 5.32 Å². The molecule has 1 nitrogen and oxygen atoms in total. The average Bonchev–Trinajstić information content (AvgIpc) is 3.01. The number of hydrogen-bond acceptors (Lipinski definition) is 1. The molecule has 82 valence electrons. The van der Waals surface area contributed by atoms with Gasteiger partial charge >= 0.3 is 0 Å². The van der Waals surface area contributed by atoms with Crippen LogP contribution in [0.2, 0.25) is 0 Å². The van der Waals surface area contributed by atoms with Crippen LogP contribution in [0.15, 0.2) is 24.3 Å². The summed E-state index contributed by atoms with van der Waals surface area (Å²) in [6.07, 6.45) is 4.27. The SMILES string of the molecule is Cc1cccc([C@H](C)NCCC2CC2)c1. The number of rotatable bonds is 5. The maximum absolute atomic E-state index is 3.60. The van der Waals surface area contributed by atoms with Gasteiger partial charge in [-0.1, -0.05) is 42.7 Å². The van der Waals surface area contributed by atoms with Crippen LogP contribution in [-0.2, 0) is 0 Å². The van der Waals surface area contributed by atoms with Crippen LogP contribution in [-0.4, -0.2) is 6.54 Å². The molecule has 1 N–H and O–H groups in total. The van der Waals surface area contributed by atoms with E-state index >= 15 is 0 Å². The monoisotopic (exact) mass is 203 g/mol. The molecule has 1 aliphatic carbocycles. The molecule has 0 radical (unpaired) electrons. The average molecular weight is 203 g/mol. The van der Waals surface area contributed by atoms with Gasteiger partial charge in [-0.3, -0.25) is 0 Å². The zero-order valence-corrected chi connectivity index (χ0v) is 9.79. The lowest BCUT2D eigenvalue weighted by molar-refractivity contribution is 0.539. The summed E-state index contributed by atoms with van der Waals surface area (Å²) in [6, 6.07) is 9.27. The number of aryl methyl sites for hydroxylation is 1. The van der Waals surface area contributed by atoms with E-state index in [1.54, 1.807) is 0 Å². The first-order valence-corrected chi connectivity index (χ1v) is 6.05. The highest BCUT2D eigenvalue weighted by Crippen LogP contribution is 2.31. The van der Waals surface area contributed by atoms with Crippen molar-refractivity contribution >= 4 is 0 Å². The molecular formula is C14H21N. The molecule has 1 aromatic carbocycles. The first kappa shape index (κ1) is 10.7. The van der Waals surface area contributed by atoms with Crippen molar-refractivity contribution in [2.75, 3.05) is 6.54 Å². The van der Waals surface area contributed by atoms with Crippen molar-refractivity contribution in [3.05, 3.63) is 35.4 Å². The number of hydrogen-bond donors (Lipinski definition) is 1. The van der Waals surface area contributed by atoms with Gasteiger partial charge in [-0.15, -0.1) is 0 Å². The quantitative estimate of drug-likeness (QED) is 0.773. The standard InChI is InChI=1S/C14H21N/c1-11-4-3-5-14(10-11)12(2)15-9-8-13-6-7-13/h3-5,10,12-13,15H,6-9H2,1-2H3/t12-/m0/s1. The molecule has 0 heterocycles. The first-order chi connectivity index (χ1) is 7.25. The fraction of sp³-hybridized carbons (Fsp3) is 0.571. The normalized spacial score (nSPS) is 17.7. The molecule has 1 saturated carbocycles. The van der Waals surface area contributed by atoms with Gasteiger partial charge in [0.05, 0.1) is 0 Å². The predicted octanol–water partition coefficient (Wildman–Crippen LogP) is 3.45. The summed E-state index contributed by atoms with van der Waals surface area (Å²) in [6.45, 7) is 5.57. The van der Waals surface area contributed by atoms with Gasteiger partial charge in [0.2, 0.25) is 0 Å². The van der Waals surface area contributed by atoms with Crippen molar-refractivity contribution < 1.29 is 0 Å². The lowest BCUT2D eigenvalue weighted by Crippen LogP contribution is -2.20. The Morgan fingerprint density at radius 1 is 1.40 bits per heavy atom. The Bertz CT molecular complexity index is 315. The third-order valence-corrected chi connectivity index (χ3v) is 3.24.